The lowest BCUT2D eigenvalue weighted by Crippen LogP contribution is -2.46. The summed E-state index contributed by atoms with van der Waals surface area (Å²) >= 11 is 6.15. The number of nitrogens with zero attached hydrogens (tertiary/aromatic N) is 3. The van der Waals surface area contributed by atoms with Gasteiger partial charge in [0, 0.05) is 61.4 Å². The lowest BCUT2D eigenvalue weighted by Gasteiger charge is -2.36. The minimum Gasteiger partial charge on any atom is -0.497 e. The molecule has 1 aliphatic rings. The molecule has 168 valence electrons. The number of aromatic nitrogens is 2. The molecule has 0 amide bonds. The number of imidazole rings is 1. The van der Waals surface area contributed by atoms with Crippen molar-refractivity contribution in [3.8, 4) is 22.9 Å². The zero-order valence-corrected chi connectivity index (χ0v) is 19.9. The predicted octanol–water partition coefficient (Wildman–Crippen LogP) is 4.91. The predicted molar refractivity (Wildman–Crippen MR) is 131 cm³/mol. The van der Waals surface area contributed by atoms with E-state index in [1.807, 2.05) is 36.5 Å². The van der Waals surface area contributed by atoms with Crippen LogP contribution in [0.4, 0.5) is 5.69 Å². The molecule has 0 spiro atoms. The second kappa shape index (κ2) is 11.5. The van der Waals surface area contributed by atoms with Crippen LogP contribution in [0.3, 0.4) is 0 Å². The van der Waals surface area contributed by atoms with Crippen LogP contribution in [-0.2, 0) is 6.54 Å². The summed E-state index contributed by atoms with van der Waals surface area (Å²) in [7, 11) is 3.35. The second-order valence-corrected chi connectivity index (χ2v) is 7.50. The number of anilines is 1. The largest absolute Gasteiger partial charge is 0.497 e. The van der Waals surface area contributed by atoms with Gasteiger partial charge in [-0.25, -0.2) is 4.98 Å². The molecular weight excluding hydrogens is 459 g/mol. The summed E-state index contributed by atoms with van der Waals surface area (Å²) in [6, 6.07) is 13.8. The Morgan fingerprint density at radius 3 is 2.48 bits per heavy atom. The maximum absolute atomic E-state index is 6.15. The van der Waals surface area contributed by atoms with E-state index in [-0.39, 0.29) is 24.8 Å². The second-order valence-electron chi connectivity index (χ2n) is 7.07. The van der Waals surface area contributed by atoms with E-state index in [9.17, 15) is 0 Å². The SMILES string of the molecule is COc1cccc(N2CCN(Cc3cnc(-c4cc(Cl)ccc4OC)[nH]3)CC2)c1.Cl.Cl. The fraction of sp³-hybridized carbons (Fsp3) is 0.318. The molecule has 6 nitrogen and oxygen atoms in total. The van der Waals surface area contributed by atoms with Gasteiger partial charge in [0.05, 0.1) is 19.8 Å². The normalized spacial score (nSPS) is 13.8. The maximum atomic E-state index is 6.15. The number of halogens is 3. The zero-order chi connectivity index (χ0) is 20.2. The van der Waals surface area contributed by atoms with E-state index in [1.54, 1.807) is 14.2 Å². The summed E-state index contributed by atoms with van der Waals surface area (Å²) in [4.78, 5) is 12.8. The molecule has 1 saturated heterocycles. The van der Waals surface area contributed by atoms with Crippen molar-refractivity contribution in [1.29, 1.82) is 0 Å². The van der Waals surface area contributed by atoms with Crippen molar-refractivity contribution in [2.45, 2.75) is 6.54 Å². The number of H-pyrrole nitrogens is 1. The third-order valence-electron chi connectivity index (χ3n) is 5.23. The number of rotatable bonds is 6. The van der Waals surface area contributed by atoms with Gasteiger partial charge in [0.2, 0.25) is 0 Å². The minimum atomic E-state index is 0. The maximum Gasteiger partial charge on any atom is 0.141 e. The highest BCUT2D eigenvalue weighted by Gasteiger charge is 2.19. The van der Waals surface area contributed by atoms with Gasteiger partial charge in [0.1, 0.15) is 17.3 Å². The summed E-state index contributed by atoms with van der Waals surface area (Å²) in [5.74, 6) is 2.42. The Hall–Kier alpha value is -2.12. The monoisotopic (exact) mass is 484 g/mol. The van der Waals surface area contributed by atoms with Crippen molar-refractivity contribution >= 4 is 42.1 Å². The van der Waals surface area contributed by atoms with E-state index in [1.165, 1.54) is 5.69 Å². The Morgan fingerprint density at radius 1 is 1.00 bits per heavy atom. The molecule has 0 radical (unpaired) electrons. The van der Waals surface area contributed by atoms with E-state index < -0.39 is 0 Å². The van der Waals surface area contributed by atoms with Crippen LogP contribution in [-0.4, -0.2) is 55.3 Å². The lowest BCUT2D eigenvalue weighted by atomic mass is 10.2. The van der Waals surface area contributed by atoms with Crippen LogP contribution in [0.5, 0.6) is 11.5 Å². The number of ether oxygens (including phenoxy) is 2. The third kappa shape index (κ3) is 5.98. The third-order valence-corrected chi connectivity index (χ3v) is 5.46. The van der Waals surface area contributed by atoms with Crippen LogP contribution in [0.25, 0.3) is 11.4 Å². The molecule has 1 aromatic heterocycles. The van der Waals surface area contributed by atoms with E-state index in [0.717, 1.165) is 61.3 Å². The van der Waals surface area contributed by atoms with Gasteiger partial charge in [-0.2, -0.15) is 0 Å². The Balaban J connectivity index is 0.00000171. The van der Waals surface area contributed by atoms with Gasteiger partial charge in [-0.3, -0.25) is 4.90 Å². The molecule has 31 heavy (non-hydrogen) atoms. The van der Waals surface area contributed by atoms with Crippen molar-refractivity contribution in [3.05, 3.63) is 59.4 Å². The Kier molecular flexibility index (Phi) is 9.32. The molecule has 3 aromatic rings. The molecule has 0 unspecified atom stereocenters. The van der Waals surface area contributed by atoms with E-state index in [4.69, 9.17) is 21.1 Å². The topological polar surface area (TPSA) is 53.6 Å². The van der Waals surface area contributed by atoms with E-state index in [2.05, 4.69) is 31.9 Å². The first-order valence-electron chi connectivity index (χ1n) is 9.65. The molecule has 2 aromatic carbocycles. The van der Waals surface area contributed by atoms with Crippen molar-refractivity contribution in [2.75, 3.05) is 45.3 Å². The molecular formula is C22H27Cl3N4O2. The Labute approximate surface area is 200 Å². The number of benzene rings is 2. The van der Waals surface area contributed by atoms with Gasteiger partial charge in [0.15, 0.2) is 0 Å². The standard InChI is InChI=1S/C22H25ClN4O2.2ClH/c1-28-19-5-3-4-18(13-19)27-10-8-26(9-11-27)15-17-14-24-22(25-17)20-12-16(23)6-7-21(20)29-2;;/h3-7,12-14H,8-11,15H2,1-2H3,(H,24,25);2*1H. The summed E-state index contributed by atoms with van der Waals surface area (Å²) < 4.78 is 10.8. The Bertz CT molecular complexity index is 975. The lowest BCUT2D eigenvalue weighted by molar-refractivity contribution is 0.247. The molecule has 1 N–H and O–H groups in total. The van der Waals surface area contributed by atoms with Crippen molar-refractivity contribution in [2.24, 2.45) is 0 Å². The van der Waals surface area contributed by atoms with Crippen LogP contribution in [0.2, 0.25) is 5.02 Å². The summed E-state index contributed by atoms with van der Waals surface area (Å²) in [6.45, 7) is 4.78. The summed E-state index contributed by atoms with van der Waals surface area (Å²) in [5.41, 5.74) is 3.16. The van der Waals surface area contributed by atoms with Gasteiger partial charge < -0.3 is 19.4 Å². The van der Waals surface area contributed by atoms with Crippen LogP contribution >= 0.6 is 36.4 Å². The number of piperazine rings is 1. The number of aromatic amines is 1. The number of hydrogen-bond acceptors (Lipinski definition) is 5. The Morgan fingerprint density at radius 2 is 1.77 bits per heavy atom. The van der Waals surface area contributed by atoms with Crippen LogP contribution in [0.1, 0.15) is 5.69 Å². The molecule has 1 aliphatic heterocycles. The van der Waals surface area contributed by atoms with Gasteiger partial charge in [-0.05, 0) is 30.3 Å². The number of hydrogen-bond donors (Lipinski definition) is 1. The molecule has 0 bridgehead atoms. The van der Waals surface area contributed by atoms with Gasteiger partial charge >= 0.3 is 0 Å². The first kappa shape index (κ1) is 25.1. The minimum absolute atomic E-state index is 0. The quantitative estimate of drug-likeness (QED) is 0.537. The van der Waals surface area contributed by atoms with Crippen LogP contribution in [0, 0.1) is 0 Å². The molecule has 2 heterocycles. The first-order valence-corrected chi connectivity index (χ1v) is 10.0. The van der Waals surface area contributed by atoms with E-state index in [0.29, 0.717) is 5.02 Å². The van der Waals surface area contributed by atoms with E-state index >= 15 is 0 Å². The summed E-state index contributed by atoms with van der Waals surface area (Å²) in [6.07, 6.45) is 1.89. The highest BCUT2D eigenvalue weighted by atomic mass is 35.5. The average Bonchev–Trinajstić information content (AvgIpc) is 3.22. The van der Waals surface area contributed by atoms with Crippen molar-refractivity contribution < 1.29 is 9.47 Å². The first-order chi connectivity index (χ1) is 14.2. The van der Waals surface area contributed by atoms with Crippen molar-refractivity contribution in [1.82, 2.24) is 14.9 Å². The number of methoxy groups -OCH3 is 2. The molecule has 0 atom stereocenters. The van der Waals surface area contributed by atoms with Crippen molar-refractivity contribution in [3.63, 3.8) is 0 Å². The van der Waals surface area contributed by atoms with Gasteiger partial charge in [0.25, 0.3) is 0 Å². The van der Waals surface area contributed by atoms with Gasteiger partial charge in [-0.15, -0.1) is 24.8 Å². The molecule has 4 rings (SSSR count). The smallest absolute Gasteiger partial charge is 0.141 e. The fourth-order valence-electron chi connectivity index (χ4n) is 3.65. The highest BCUT2D eigenvalue weighted by Crippen LogP contribution is 2.30. The number of nitrogens with one attached hydrogen (secondary N) is 1. The highest BCUT2D eigenvalue weighted by molar-refractivity contribution is 6.30. The van der Waals surface area contributed by atoms with Crippen LogP contribution < -0.4 is 14.4 Å². The molecule has 9 heteroatoms. The molecule has 0 saturated carbocycles. The van der Waals surface area contributed by atoms with Gasteiger partial charge in [-0.1, -0.05) is 17.7 Å². The fourth-order valence-corrected chi connectivity index (χ4v) is 3.83. The zero-order valence-electron chi connectivity index (χ0n) is 17.5. The summed E-state index contributed by atoms with van der Waals surface area (Å²) in [5, 5.41) is 0.660. The molecule has 0 aliphatic carbocycles. The average molecular weight is 486 g/mol. The van der Waals surface area contributed by atoms with Crippen LogP contribution in [0.15, 0.2) is 48.7 Å². The molecule has 1 fully saturated rings.